The lowest BCUT2D eigenvalue weighted by molar-refractivity contribution is -0.116. The molecule has 120 valence electrons. The number of rotatable bonds is 7. The maximum absolute atomic E-state index is 11.9. The molecule has 2 aromatic carbocycles. The van der Waals surface area contributed by atoms with Crippen molar-refractivity contribution < 1.29 is 9.59 Å². The molecule has 2 rings (SSSR count). The van der Waals surface area contributed by atoms with Crippen molar-refractivity contribution >= 4 is 23.2 Å². The van der Waals surface area contributed by atoms with E-state index in [0.717, 1.165) is 5.56 Å². The summed E-state index contributed by atoms with van der Waals surface area (Å²) in [6.07, 6.45) is 0.417. The first-order chi connectivity index (χ1) is 11.2. The molecule has 0 saturated carbocycles. The Morgan fingerprint density at radius 3 is 2.17 bits per heavy atom. The van der Waals surface area contributed by atoms with Crippen molar-refractivity contribution in [2.24, 2.45) is 0 Å². The second-order valence-corrected chi connectivity index (χ2v) is 5.12. The zero-order chi connectivity index (χ0) is 16.5. The van der Waals surface area contributed by atoms with Crippen LogP contribution in [0, 0.1) is 0 Å². The number of hydrogen-bond acceptors (Lipinski definition) is 3. The molecule has 0 aliphatic carbocycles. The van der Waals surface area contributed by atoms with E-state index in [1.54, 1.807) is 31.2 Å². The highest BCUT2D eigenvalue weighted by Gasteiger charge is 2.04. The van der Waals surface area contributed by atoms with Gasteiger partial charge in [-0.2, -0.15) is 0 Å². The van der Waals surface area contributed by atoms with E-state index in [2.05, 4.69) is 16.0 Å². The Kier molecular flexibility index (Phi) is 6.32. The summed E-state index contributed by atoms with van der Waals surface area (Å²) in [5.41, 5.74) is 2.46. The molecule has 0 fully saturated rings. The molecule has 3 N–H and O–H groups in total. The minimum atomic E-state index is -0.125. The Morgan fingerprint density at radius 1 is 0.870 bits per heavy atom. The summed E-state index contributed by atoms with van der Waals surface area (Å²) >= 11 is 0. The smallest absolute Gasteiger partial charge is 0.238 e. The van der Waals surface area contributed by atoms with Gasteiger partial charge in [0.2, 0.25) is 11.8 Å². The first-order valence-corrected chi connectivity index (χ1v) is 7.62. The van der Waals surface area contributed by atoms with Crippen LogP contribution in [0.5, 0.6) is 0 Å². The fraction of sp³-hybridized carbons (Fsp3) is 0.222. The van der Waals surface area contributed by atoms with E-state index in [-0.39, 0.29) is 18.4 Å². The van der Waals surface area contributed by atoms with Gasteiger partial charge in [0.1, 0.15) is 0 Å². The zero-order valence-corrected chi connectivity index (χ0v) is 13.1. The highest BCUT2D eigenvalue weighted by Crippen LogP contribution is 2.15. The van der Waals surface area contributed by atoms with Crippen molar-refractivity contribution in [1.29, 1.82) is 0 Å². The van der Waals surface area contributed by atoms with Gasteiger partial charge >= 0.3 is 0 Å². The molecule has 0 heterocycles. The third-order valence-electron chi connectivity index (χ3n) is 3.21. The SMILES string of the molecule is CCC(=O)Nc1cccc(NC(=O)CNCc2ccccc2)c1. The van der Waals surface area contributed by atoms with Crippen LogP contribution < -0.4 is 16.0 Å². The van der Waals surface area contributed by atoms with Gasteiger partial charge in [-0.1, -0.05) is 43.3 Å². The lowest BCUT2D eigenvalue weighted by Crippen LogP contribution is -2.27. The van der Waals surface area contributed by atoms with Crippen LogP contribution in [-0.2, 0) is 16.1 Å². The molecule has 5 heteroatoms. The van der Waals surface area contributed by atoms with Crippen molar-refractivity contribution in [2.75, 3.05) is 17.2 Å². The van der Waals surface area contributed by atoms with Gasteiger partial charge in [0.05, 0.1) is 6.54 Å². The van der Waals surface area contributed by atoms with Crippen molar-refractivity contribution in [3.05, 3.63) is 60.2 Å². The minimum absolute atomic E-state index is 0.0574. The largest absolute Gasteiger partial charge is 0.326 e. The number of anilines is 2. The van der Waals surface area contributed by atoms with Crippen molar-refractivity contribution in [2.45, 2.75) is 19.9 Å². The van der Waals surface area contributed by atoms with E-state index >= 15 is 0 Å². The van der Waals surface area contributed by atoms with Gasteiger partial charge in [0.25, 0.3) is 0 Å². The molecule has 23 heavy (non-hydrogen) atoms. The van der Waals surface area contributed by atoms with Gasteiger partial charge in [-0.25, -0.2) is 0 Å². The molecule has 0 unspecified atom stereocenters. The van der Waals surface area contributed by atoms with Gasteiger partial charge in [0.15, 0.2) is 0 Å². The van der Waals surface area contributed by atoms with Gasteiger partial charge in [0, 0.05) is 24.3 Å². The fourth-order valence-electron chi connectivity index (χ4n) is 2.05. The Bertz CT molecular complexity index is 656. The first kappa shape index (κ1) is 16.7. The van der Waals surface area contributed by atoms with E-state index in [0.29, 0.717) is 24.3 Å². The van der Waals surface area contributed by atoms with E-state index in [1.165, 1.54) is 0 Å². The van der Waals surface area contributed by atoms with Crippen molar-refractivity contribution in [1.82, 2.24) is 5.32 Å². The van der Waals surface area contributed by atoms with E-state index in [4.69, 9.17) is 0 Å². The summed E-state index contributed by atoms with van der Waals surface area (Å²) in [6, 6.07) is 17.0. The van der Waals surface area contributed by atoms with Crippen molar-refractivity contribution in [3.8, 4) is 0 Å². The molecule has 0 aliphatic rings. The Hall–Kier alpha value is -2.66. The van der Waals surface area contributed by atoms with Crippen LogP contribution in [0.25, 0.3) is 0 Å². The zero-order valence-electron chi connectivity index (χ0n) is 13.1. The average molecular weight is 311 g/mol. The summed E-state index contributed by atoms with van der Waals surface area (Å²) in [6.45, 7) is 2.65. The molecular weight excluding hydrogens is 290 g/mol. The maximum Gasteiger partial charge on any atom is 0.238 e. The molecule has 0 atom stereocenters. The van der Waals surface area contributed by atoms with E-state index < -0.39 is 0 Å². The van der Waals surface area contributed by atoms with Crippen LogP contribution in [0.2, 0.25) is 0 Å². The second kappa shape index (κ2) is 8.70. The number of carbonyl (C=O) groups is 2. The maximum atomic E-state index is 11.9. The molecule has 2 amide bonds. The van der Waals surface area contributed by atoms with Crippen molar-refractivity contribution in [3.63, 3.8) is 0 Å². The molecule has 0 saturated heterocycles. The Morgan fingerprint density at radius 2 is 1.52 bits per heavy atom. The van der Waals surface area contributed by atoms with Crippen LogP contribution in [-0.4, -0.2) is 18.4 Å². The molecule has 0 spiro atoms. The van der Waals surface area contributed by atoms with Crippen LogP contribution in [0.1, 0.15) is 18.9 Å². The predicted octanol–water partition coefficient (Wildman–Crippen LogP) is 2.76. The molecular formula is C18H21N3O2. The van der Waals surface area contributed by atoms with Gasteiger partial charge in [-0.15, -0.1) is 0 Å². The lowest BCUT2D eigenvalue weighted by atomic mass is 10.2. The number of benzene rings is 2. The van der Waals surface area contributed by atoms with Gasteiger partial charge in [-0.05, 0) is 23.8 Å². The summed E-state index contributed by atoms with van der Waals surface area (Å²) in [7, 11) is 0. The Balaban J connectivity index is 1.80. The number of hydrogen-bond donors (Lipinski definition) is 3. The molecule has 0 radical (unpaired) electrons. The number of nitrogens with one attached hydrogen (secondary N) is 3. The molecule has 2 aromatic rings. The van der Waals surface area contributed by atoms with Crippen LogP contribution >= 0.6 is 0 Å². The average Bonchev–Trinajstić information content (AvgIpc) is 2.56. The topological polar surface area (TPSA) is 70.2 Å². The summed E-state index contributed by atoms with van der Waals surface area (Å²) < 4.78 is 0. The minimum Gasteiger partial charge on any atom is -0.326 e. The molecule has 5 nitrogen and oxygen atoms in total. The monoisotopic (exact) mass is 311 g/mol. The lowest BCUT2D eigenvalue weighted by Gasteiger charge is -2.09. The third kappa shape index (κ3) is 5.92. The van der Waals surface area contributed by atoms with Gasteiger partial charge < -0.3 is 16.0 Å². The fourth-order valence-corrected chi connectivity index (χ4v) is 2.05. The normalized spacial score (nSPS) is 10.1. The molecule has 0 bridgehead atoms. The summed E-state index contributed by atoms with van der Waals surface area (Å²) in [5.74, 6) is -0.182. The van der Waals surface area contributed by atoms with Gasteiger partial charge in [-0.3, -0.25) is 9.59 Å². The standard InChI is InChI=1S/C18H21N3O2/c1-2-17(22)20-15-9-6-10-16(11-15)21-18(23)13-19-12-14-7-4-3-5-8-14/h3-11,19H,2,12-13H2,1H3,(H,20,22)(H,21,23). The quantitative estimate of drug-likeness (QED) is 0.736. The number of amides is 2. The number of carbonyl (C=O) groups excluding carboxylic acids is 2. The molecule has 0 aromatic heterocycles. The summed E-state index contributed by atoms with van der Waals surface area (Å²) in [5, 5.41) is 8.67. The Labute approximate surface area is 136 Å². The first-order valence-electron chi connectivity index (χ1n) is 7.62. The van der Waals surface area contributed by atoms with Crippen LogP contribution in [0.3, 0.4) is 0 Å². The third-order valence-corrected chi connectivity index (χ3v) is 3.21. The van der Waals surface area contributed by atoms with Crippen LogP contribution in [0.4, 0.5) is 11.4 Å². The molecule has 0 aliphatic heterocycles. The van der Waals surface area contributed by atoms with E-state index in [9.17, 15) is 9.59 Å². The highest BCUT2D eigenvalue weighted by molar-refractivity contribution is 5.94. The van der Waals surface area contributed by atoms with E-state index in [1.807, 2.05) is 30.3 Å². The second-order valence-electron chi connectivity index (χ2n) is 5.12. The highest BCUT2D eigenvalue weighted by atomic mass is 16.2. The van der Waals surface area contributed by atoms with Crippen LogP contribution in [0.15, 0.2) is 54.6 Å². The summed E-state index contributed by atoms with van der Waals surface area (Å²) in [4.78, 5) is 23.3. The predicted molar refractivity (Wildman–Crippen MR) is 92.1 cm³/mol.